The average Bonchev–Trinajstić information content (AvgIpc) is 3.87. The molecule has 5 aromatic carbocycles. The number of pyridine rings is 2. The van der Waals surface area contributed by atoms with Crippen LogP contribution in [0.5, 0.6) is 11.6 Å². The van der Waals surface area contributed by atoms with Crippen LogP contribution in [0.1, 0.15) is 72.9 Å². The van der Waals surface area contributed by atoms with Crippen LogP contribution in [0.25, 0.3) is 55.6 Å². The topological polar surface area (TPSA) is 48.2 Å². The predicted octanol–water partition coefficient (Wildman–Crippen LogP) is 12.9. The molecule has 0 fully saturated rings. The first-order valence-electron chi connectivity index (χ1n) is 19.7. The minimum Gasteiger partial charge on any atom is -0.454 e. The van der Waals surface area contributed by atoms with E-state index in [4.69, 9.17) is 19.1 Å². The minimum atomic E-state index is -1.46. The summed E-state index contributed by atoms with van der Waals surface area (Å²) in [7, 11) is -1.46. The van der Waals surface area contributed by atoms with Crippen LogP contribution in [0.2, 0.25) is 0 Å². The summed E-state index contributed by atoms with van der Waals surface area (Å²) in [6, 6.07) is 50.7. The lowest BCUT2D eigenvalue weighted by Crippen LogP contribution is -2.38. The van der Waals surface area contributed by atoms with Crippen molar-refractivity contribution in [2.45, 2.75) is 63.7 Å². The van der Waals surface area contributed by atoms with E-state index in [1.54, 1.807) is 11.1 Å². The summed E-state index contributed by atoms with van der Waals surface area (Å²) in [6.07, 6.45) is 1.88. The Bertz CT molecular complexity index is 2710. The molecule has 2 aliphatic rings. The second kappa shape index (κ2) is 13.2. The number of hydrogen-bond acceptors (Lipinski definition) is 4. The normalized spacial score (nSPS) is 14.4. The number of benzene rings is 5. The van der Waals surface area contributed by atoms with Gasteiger partial charge >= 0.3 is 0 Å². The van der Waals surface area contributed by atoms with Gasteiger partial charge in [0.25, 0.3) is 0 Å². The van der Waals surface area contributed by atoms with Gasteiger partial charge in [-0.05, 0) is 134 Å². The van der Waals surface area contributed by atoms with Crippen LogP contribution in [0.15, 0.2) is 138 Å². The maximum atomic E-state index is 6.70. The molecular weight excluding hydrogens is 689 g/mol. The number of ether oxygens (including phenoxy) is 1. The Morgan fingerprint density at radius 2 is 1.24 bits per heavy atom. The van der Waals surface area contributed by atoms with Gasteiger partial charge in [0, 0.05) is 23.0 Å². The molecule has 0 bridgehead atoms. The van der Waals surface area contributed by atoms with Crippen molar-refractivity contribution in [2.75, 3.05) is 0 Å². The molecule has 0 saturated carbocycles. The molecule has 4 nitrogen and oxygen atoms in total. The standard InChI is InChI=1S/C50H44N2O2Si/c1-31(2)41-16-10-17-42(32(3)4)48(41)37-22-36(33-12-6-5-7-13-33)23-40(24-37)53-47-19-11-18-45(52-47)49-50-43(20-21-51-49)44-25-38-29-55(30-39(38)26-46(44)54-50)27-34-14-8-9-15-35(34)28-55/h5-26,31-32H,27-30H2,1-4H3. The lowest BCUT2D eigenvalue weighted by atomic mass is 9.84. The quantitative estimate of drug-likeness (QED) is 0.153. The fraction of sp³-hybridized carbons (Fsp3) is 0.200. The van der Waals surface area contributed by atoms with Crippen molar-refractivity contribution >= 4 is 30.0 Å². The molecule has 1 spiro atoms. The Morgan fingerprint density at radius 1 is 0.582 bits per heavy atom. The molecule has 10 rings (SSSR count). The SMILES string of the molecule is CC(C)c1cccc(C(C)C)c1-c1cc(Oc2cccc(-c3nccc4c3oc3cc5c(cc34)C[Si]3(Cc4ccccc4C3)C5)n2)cc(-c2ccccc2)c1. The molecule has 0 aliphatic carbocycles. The van der Waals surface area contributed by atoms with Crippen LogP contribution in [-0.2, 0) is 24.2 Å². The molecule has 0 saturated heterocycles. The van der Waals surface area contributed by atoms with Crippen molar-refractivity contribution in [3.63, 3.8) is 0 Å². The van der Waals surface area contributed by atoms with Gasteiger partial charge in [0.2, 0.25) is 5.88 Å². The Labute approximate surface area is 323 Å². The van der Waals surface area contributed by atoms with Crippen molar-refractivity contribution < 1.29 is 9.15 Å². The molecule has 0 unspecified atom stereocenters. The van der Waals surface area contributed by atoms with Crippen LogP contribution in [0.4, 0.5) is 0 Å². The fourth-order valence-corrected chi connectivity index (χ4v) is 14.8. The molecule has 8 aromatic rings. The second-order valence-corrected chi connectivity index (χ2v) is 20.8. The van der Waals surface area contributed by atoms with Gasteiger partial charge in [0.1, 0.15) is 17.0 Å². The van der Waals surface area contributed by atoms with Gasteiger partial charge in [0.05, 0.1) is 13.8 Å². The first kappa shape index (κ1) is 33.8. The fourth-order valence-electron chi connectivity index (χ4n) is 9.45. The van der Waals surface area contributed by atoms with Crippen LogP contribution in [0.3, 0.4) is 0 Å². The maximum absolute atomic E-state index is 6.70. The smallest absolute Gasteiger partial charge is 0.219 e. The molecule has 5 heteroatoms. The van der Waals surface area contributed by atoms with Crippen molar-refractivity contribution in [3.05, 3.63) is 167 Å². The van der Waals surface area contributed by atoms with Gasteiger partial charge in [-0.15, -0.1) is 0 Å². The first-order valence-corrected chi connectivity index (χ1v) is 22.5. The van der Waals surface area contributed by atoms with Crippen molar-refractivity contribution in [3.8, 4) is 45.3 Å². The minimum absolute atomic E-state index is 0.370. The molecule has 5 heterocycles. The molecule has 270 valence electrons. The lowest BCUT2D eigenvalue weighted by molar-refractivity contribution is 0.464. The van der Waals surface area contributed by atoms with E-state index in [0.717, 1.165) is 50.4 Å². The summed E-state index contributed by atoms with van der Waals surface area (Å²) >= 11 is 0. The third-order valence-corrected chi connectivity index (χ3v) is 16.5. The zero-order valence-corrected chi connectivity index (χ0v) is 32.9. The van der Waals surface area contributed by atoms with E-state index < -0.39 is 8.07 Å². The summed E-state index contributed by atoms with van der Waals surface area (Å²) in [5.41, 5.74) is 16.6. The zero-order chi connectivity index (χ0) is 37.3. The van der Waals surface area contributed by atoms with Crippen molar-refractivity contribution in [2.24, 2.45) is 0 Å². The molecule has 0 amide bonds. The van der Waals surface area contributed by atoms with Gasteiger partial charge in [0.15, 0.2) is 5.58 Å². The number of fused-ring (bicyclic) bond motifs is 5. The molecule has 3 aromatic heterocycles. The second-order valence-electron chi connectivity index (χ2n) is 16.4. The monoisotopic (exact) mass is 732 g/mol. The summed E-state index contributed by atoms with van der Waals surface area (Å²) in [5.74, 6) is 1.99. The van der Waals surface area contributed by atoms with Crippen LogP contribution in [-0.4, -0.2) is 18.0 Å². The Morgan fingerprint density at radius 3 is 1.96 bits per heavy atom. The molecular formula is C50H44N2O2Si. The molecule has 0 atom stereocenters. The molecule has 0 N–H and O–H groups in total. The number of furan rings is 1. The van der Waals surface area contributed by atoms with Gasteiger partial charge in [-0.2, -0.15) is 0 Å². The summed E-state index contributed by atoms with van der Waals surface area (Å²) in [4.78, 5) is 9.88. The highest BCUT2D eigenvalue weighted by Gasteiger charge is 2.44. The summed E-state index contributed by atoms with van der Waals surface area (Å²) in [5, 5.41) is 2.25. The van der Waals surface area contributed by atoms with E-state index in [1.807, 2.05) is 24.4 Å². The Balaban J connectivity index is 1.01. The van der Waals surface area contributed by atoms with Crippen LogP contribution in [0, 0.1) is 0 Å². The van der Waals surface area contributed by atoms with E-state index in [-0.39, 0.29) is 0 Å². The first-order chi connectivity index (χ1) is 26.8. The average molecular weight is 733 g/mol. The molecule has 2 aliphatic heterocycles. The van der Waals surface area contributed by atoms with Gasteiger partial charge in [-0.3, -0.25) is 4.98 Å². The molecule has 55 heavy (non-hydrogen) atoms. The van der Waals surface area contributed by atoms with Gasteiger partial charge in [-0.25, -0.2) is 4.98 Å². The lowest BCUT2D eigenvalue weighted by Gasteiger charge is -2.21. The highest BCUT2D eigenvalue weighted by atomic mass is 28.3. The Kier molecular flexibility index (Phi) is 8.11. The third kappa shape index (κ3) is 5.98. The maximum Gasteiger partial charge on any atom is 0.219 e. The van der Waals surface area contributed by atoms with E-state index in [0.29, 0.717) is 17.7 Å². The molecule has 0 radical (unpaired) electrons. The Hall–Kier alpha value is -5.78. The van der Waals surface area contributed by atoms with Gasteiger partial charge in [-0.1, -0.05) is 107 Å². The summed E-state index contributed by atoms with van der Waals surface area (Å²) < 4.78 is 13.4. The highest BCUT2D eigenvalue weighted by molar-refractivity contribution is 6.79. The van der Waals surface area contributed by atoms with Crippen LogP contribution < -0.4 is 4.74 Å². The van der Waals surface area contributed by atoms with Crippen molar-refractivity contribution in [1.82, 2.24) is 9.97 Å². The third-order valence-electron chi connectivity index (χ3n) is 12.0. The van der Waals surface area contributed by atoms with Crippen LogP contribution >= 0.6 is 0 Å². The zero-order valence-electron chi connectivity index (χ0n) is 31.9. The predicted molar refractivity (Wildman–Crippen MR) is 227 cm³/mol. The highest BCUT2D eigenvalue weighted by Crippen LogP contribution is 2.44. The van der Waals surface area contributed by atoms with E-state index in [1.165, 1.54) is 57.4 Å². The number of nitrogens with zero attached hydrogens (tertiary/aromatic N) is 2. The number of hydrogen-bond donors (Lipinski definition) is 0. The van der Waals surface area contributed by atoms with E-state index in [2.05, 4.69) is 137 Å². The largest absolute Gasteiger partial charge is 0.454 e. The number of rotatable bonds is 7. The van der Waals surface area contributed by atoms with E-state index in [9.17, 15) is 0 Å². The van der Waals surface area contributed by atoms with E-state index >= 15 is 0 Å². The van der Waals surface area contributed by atoms with Crippen molar-refractivity contribution in [1.29, 1.82) is 0 Å². The summed E-state index contributed by atoms with van der Waals surface area (Å²) in [6.45, 7) is 9.08. The number of aromatic nitrogens is 2. The van der Waals surface area contributed by atoms with Gasteiger partial charge < -0.3 is 9.15 Å².